The molecule has 0 aliphatic rings. The minimum atomic E-state index is -1.74. The number of benzene rings is 1. The highest BCUT2D eigenvalue weighted by Crippen LogP contribution is 2.19. The van der Waals surface area contributed by atoms with E-state index in [4.69, 9.17) is 22.3 Å². The van der Waals surface area contributed by atoms with Crippen molar-refractivity contribution < 1.29 is 43.8 Å². The first-order valence-corrected chi connectivity index (χ1v) is 12.5. The van der Waals surface area contributed by atoms with Gasteiger partial charge in [0, 0.05) is 29.9 Å². The van der Waals surface area contributed by atoms with E-state index in [1.165, 1.54) is 0 Å². The fraction of sp³-hybridized carbons (Fsp3) is 0.400. The smallest absolute Gasteiger partial charge is 0.326 e. The second kappa shape index (κ2) is 15.0. The second-order valence-electron chi connectivity index (χ2n) is 9.30. The molecule has 2 rings (SSSR count). The van der Waals surface area contributed by atoms with Gasteiger partial charge in [0.1, 0.15) is 18.1 Å². The quantitative estimate of drug-likeness (QED) is 0.0961. The van der Waals surface area contributed by atoms with Crippen LogP contribution in [-0.4, -0.2) is 80.8 Å². The predicted molar refractivity (Wildman–Crippen MR) is 143 cm³/mol. The molecule has 1 aromatic carbocycles. The molecule has 5 amide bonds. The Morgan fingerprint density at radius 3 is 1.90 bits per heavy atom. The zero-order valence-electron chi connectivity index (χ0n) is 21.9. The molecule has 1 aromatic heterocycles. The molecule has 16 heteroatoms. The van der Waals surface area contributed by atoms with Gasteiger partial charge in [0.25, 0.3) is 0 Å². The molecule has 12 N–H and O–H groups in total. The van der Waals surface area contributed by atoms with Gasteiger partial charge in [0.2, 0.25) is 29.5 Å². The highest BCUT2D eigenvalue weighted by atomic mass is 16.4. The summed E-state index contributed by atoms with van der Waals surface area (Å²) < 4.78 is 0. The first-order chi connectivity index (χ1) is 19.3. The summed E-state index contributed by atoms with van der Waals surface area (Å²) in [6.45, 7) is 0. The van der Waals surface area contributed by atoms with Gasteiger partial charge in [0.05, 0.1) is 12.5 Å². The number of H-pyrrole nitrogens is 1. The molecule has 0 saturated heterocycles. The van der Waals surface area contributed by atoms with E-state index >= 15 is 0 Å². The lowest BCUT2D eigenvalue weighted by atomic mass is 10.0. The number of para-hydroxylation sites is 1. The van der Waals surface area contributed by atoms with Crippen LogP contribution >= 0.6 is 0 Å². The number of rotatable bonds is 17. The van der Waals surface area contributed by atoms with Crippen LogP contribution in [0.2, 0.25) is 0 Å². The van der Waals surface area contributed by atoms with Crippen LogP contribution in [0.15, 0.2) is 30.5 Å². The fourth-order valence-corrected chi connectivity index (χ4v) is 3.95. The van der Waals surface area contributed by atoms with E-state index in [9.17, 15) is 38.7 Å². The van der Waals surface area contributed by atoms with Gasteiger partial charge in [-0.2, -0.15) is 0 Å². The van der Waals surface area contributed by atoms with Crippen molar-refractivity contribution in [1.82, 2.24) is 20.9 Å². The number of aromatic nitrogens is 1. The third kappa shape index (κ3) is 10.2. The van der Waals surface area contributed by atoms with Crippen LogP contribution in [0.25, 0.3) is 10.9 Å². The van der Waals surface area contributed by atoms with Gasteiger partial charge >= 0.3 is 11.9 Å². The summed E-state index contributed by atoms with van der Waals surface area (Å²) in [6.07, 6.45) is -0.636. The molecule has 0 aliphatic heterocycles. The maximum atomic E-state index is 13.1. The number of carbonyl (C=O) groups excluding carboxylic acids is 5. The number of carbonyl (C=O) groups is 7. The number of nitrogens with two attached hydrogens (primary N) is 3. The number of hydrogen-bond donors (Lipinski definition) is 9. The Balaban J connectivity index is 2.18. The van der Waals surface area contributed by atoms with E-state index in [-0.39, 0.29) is 19.3 Å². The molecular formula is C25H33N7O9. The predicted octanol–water partition coefficient (Wildman–Crippen LogP) is -2.42. The molecule has 2 aromatic rings. The molecule has 0 bridgehead atoms. The number of amides is 5. The van der Waals surface area contributed by atoms with Crippen molar-refractivity contribution in [3.63, 3.8) is 0 Å². The summed E-state index contributed by atoms with van der Waals surface area (Å²) in [5.41, 5.74) is 17.9. The molecule has 0 spiro atoms. The lowest BCUT2D eigenvalue weighted by Gasteiger charge is -2.24. The summed E-state index contributed by atoms with van der Waals surface area (Å²) in [6, 6.07) is 1.49. The van der Waals surface area contributed by atoms with E-state index in [1.54, 1.807) is 6.20 Å². The molecule has 41 heavy (non-hydrogen) atoms. The maximum Gasteiger partial charge on any atom is 0.326 e. The Bertz CT molecular complexity index is 1310. The number of fused-ring (bicyclic) bond motifs is 1. The average Bonchev–Trinajstić information content (AvgIpc) is 3.30. The van der Waals surface area contributed by atoms with Gasteiger partial charge in [0.15, 0.2) is 0 Å². The van der Waals surface area contributed by atoms with Crippen molar-refractivity contribution in [3.05, 3.63) is 36.0 Å². The van der Waals surface area contributed by atoms with Crippen molar-refractivity contribution in [1.29, 1.82) is 0 Å². The molecule has 4 unspecified atom stereocenters. The average molecular weight is 576 g/mol. The Kier molecular flexibility index (Phi) is 11.8. The first-order valence-electron chi connectivity index (χ1n) is 12.5. The first kappa shape index (κ1) is 32.2. The minimum Gasteiger partial charge on any atom is -0.481 e. The third-order valence-corrected chi connectivity index (χ3v) is 6.06. The Hall–Kier alpha value is -4.99. The summed E-state index contributed by atoms with van der Waals surface area (Å²) >= 11 is 0. The molecular weight excluding hydrogens is 542 g/mol. The number of carboxylic acid groups (broad SMARTS) is 2. The fourth-order valence-electron chi connectivity index (χ4n) is 3.95. The van der Waals surface area contributed by atoms with E-state index in [0.717, 1.165) is 16.5 Å². The monoisotopic (exact) mass is 575 g/mol. The van der Waals surface area contributed by atoms with Crippen molar-refractivity contribution in [2.24, 2.45) is 17.2 Å². The van der Waals surface area contributed by atoms with E-state index in [2.05, 4.69) is 15.6 Å². The summed E-state index contributed by atoms with van der Waals surface area (Å²) in [4.78, 5) is 86.9. The van der Waals surface area contributed by atoms with Crippen LogP contribution in [0, 0.1) is 0 Å². The minimum absolute atomic E-state index is 0.0973. The van der Waals surface area contributed by atoms with Crippen LogP contribution < -0.4 is 33.2 Å². The number of nitrogens with one attached hydrogen (secondary N) is 4. The van der Waals surface area contributed by atoms with Gasteiger partial charge in [-0.05, 0) is 30.9 Å². The summed E-state index contributed by atoms with van der Waals surface area (Å²) in [5, 5.41) is 25.9. The van der Waals surface area contributed by atoms with Crippen LogP contribution in [-0.2, 0) is 40.0 Å². The number of aromatic amines is 1. The SMILES string of the molecule is NC(=O)CCC(NC(=O)C(N)Cc1c[nH]c2ccccc12)C(=O)NC(CCC(=O)O)C(=O)NC(CC(N)=O)C(=O)O. The lowest BCUT2D eigenvalue weighted by molar-refractivity contribution is -0.144. The van der Waals surface area contributed by atoms with Gasteiger partial charge < -0.3 is 48.3 Å². The van der Waals surface area contributed by atoms with E-state index in [1.807, 2.05) is 29.6 Å². The van der Waals surface area contributed by atoms with Crippen molar-refractivity contribution in [3.8, 4) is 0 Å². The number of hydrogen-bond acceptors (Lipinski definition) is 8. The van der Waals surface area contributed by atoms with Crippen molar-refractivity contribution in [2.75, 3.05) is 0 Å². The molecule has 4 atom stereocenters. The Morgan fingerprint density at radius 2 is 1.34 bits per heavy atom. The number of aliphatic carboxylic acids is 2. The maximum absolute atomic E-state index is 13.1. The van der Waals surface area contributed by atoms with Crippen LogP contribution in [0.4, 0.5) is 0 Å². The summed E-state index contributed by atoms with van der Waals surface area (Å²) in [5.74, 6) is -7.55. The normalized spacial score (nSPS) is 13.8. The largest absolute Gasteiger partial charge is 0.481 e. The van der Waals surface area contributed by atoms with Gasteiger partial charge in [-0.25, -0.2) is 4.79 Å². The highest BCUT2D eigenvalue weighted by molar-refractivity contribution is 5.95. The molecule has 0 radical (unpaired) electrons. The molecule has 0 fully saturated rings. The number of carboxylic acids is 2. The topological polar surface area (TPSA) is 290 Å². The van der Waals surface area contributed by atoms with Gasteiger partial charge in [-0.15, -0.1) is 0 Å². The van der Waals surface area contributed by atoms with Gasteiger partial charge in [-0.3, -0.25) is 28.8 Å². The van der Waals surface area contributed by atoms with Crippen LogP contribution in [0.1, 0.15) is 37.7 Å². The standard InChI is InChI=1S/C25H33N7O9/c26-14(9-12-11-29-15-4-2-1-3-13(12)15)22(37)30-16(5-7-19(27)33)23(38)31-17(6-8-21(35)36)24(39)32-18(25(40)41)10-20(28)34/h1-4,11,14,16-18,29H,5-10,26H2,(H2,27,33)(H2,28,34)(H,30,37)(H,31,38)(H,32,39)(H,35,36)(H,40,41). The Labute approximate surface area is 233 Å². The molecule has 1 heterocycles. The summed E-state index contributed by atoms with van der Waals surface area (Å²) in [7, 11) is 0. The molecule has 0 saturated carbocycles. The molecule has 16 nitrogen and oxygen atoms in total. The van der Waals surface area contributed by atoms with E-state index < -0.39 is 84.9 Å². The van der Waals surface area contributed by atoms with Gasteiger partial charge in [-0.1, -0.05) is 18.2 Å². The van der Waals surface area contributed by atoms with Crippen LogP contribution in [0.3, 0.4) is 0 Å². The second-order valence-corrected chi connectivity index (χ2v) is 9.30. The highest BCUT2D eigenvalue weighted by Gasteiger charge is 2.31. The van der Waals surface area contributed by atoms with Crippen molar-refractivity contribution in [2.45, 2.75) is 62.7 Å². The zero-order valence-corrected chi connectivity index (χ0v) is 21.9. The lowest BCUT2D eigenvalue weighted by Crippen LogP contribution is -2.57. The van der Waals surface area contributed by atoms with Crippen molar-refractivity contribution >= 4 is 52.4 Å². The number of primary amides is 2. The zero-order chi connectivity index (χ0) is 30.7. The molecule has 0 aliphatic carbocycles. The third-order valence-electron chi connectivity index (χ3n) is 6.06. The molecule has 222 valence electrons. The van der Waals surface area contributed by atoms with Crippen LogP contribution in [0.5, 0.6) is 0 Å². The van der Waals surface area contributed by atoms with E-state index in [0.29, 0.717) is 0 Å². The Morgan fingerprint density at radius 1 is 0.780 bits per heavy atom.